The normalized spacial score (nSPS) is 17.1. The highest BCUT2D eigenvalue weighted by atomic mass is 32.2. The van der Waals surface area contributed by atoms with Crippen molar-refractivity contribution in [3.8, 4) is 5.75 Å². The fraction of sp³-hybridized carbons (Fsp3) is 0.600. The van der Waals surface area contributed by atoms with E-state index in [1.54, 1.807) is 11.4 Å². The molecule has 1 aliphatic heterocycles. The highest BCUT2D eigenvalue weighted by Gasteiger charge is 2.27. The Bertz CT molecular complexity index is 537. The van der Waals surface area contributed by atoms with Crippen LogP contribution >= 0.6 is 0 Å². The first-order chi connectivity index (χ1) is 10.00. The summed E-state index contributed by atoms with van der Waals surface area (Å²) in [5.41, 5.74) is 1.17. The molecule has 0 saturated carbocycles. The topological polar surface area (TPSA) is 49.9 Å². The second-order valence-electron chi connectivity index (χ2n) is 5.45. The van der Waals surface area contributed by atoms with Crippen molar-refractivity contribution >= 4 is 10.2 Å². The lowest BCUT2D eigenvalue weighted by Crippen LogP contribution is -2.45. The first-order valence-electron chi connectivity index (χ1n) is 7.41. The molecule has 0 atom stereocenters. The summed E-state index contributed by atoms with van der Waals surface area (Å²) in [6.45, 7) is 3.99. The Kier molecular flexibility index (Phi) is 5.61. The van der Waals surface area contributed by atoms with E-state index in [9.17, 15) is 8.42 Å². The second kappa shape index (κ2) is 7.24. The predicted octanol–water partition coefficient (Wildman–Crippen LogP) is 2.04. The second-order valence-corrected chi connectivity index (χ2v) is 7.49. The minimum absolute atomic E-state index is 0.354. The first kappa shape index (κ1) is 16.3. The lowest BCUT2D eigenvalue weighted by atomic mass is 10.2. The van der Waals surface area contributed by atoms with Gasteiger partial charge in [-0.15, -0.1) is 0 Å². The van der Waals surface area contributed by atoms with E-state index >= 15 is 0 Å². The van der Waals surface area contributed by atoms with E-state index in [0.29, 0.717) is 26.2 Å². The Labute approximate surface area is 127 Å². The number of ether oxygens (including phenoxy) is 1. The maximum absolute atomic E-state index is 12.4. The van der Waals surface area contributed by atoms with Gasteiger partial charge in [-0.1, -0.05) is 24.1 Å². The Hall–Kier alpha value is -1.11. The third kappa shape index (κ3) is 4.43. The van der Waals surface area contributed by atoms with Gasteiger partial charge in [-0.2, -0.15) is 17.0 Å². The van der Waals surface area contributed by atoms with Crippen LogP contribution in [0.4, 0.5) is 0 Å². The van der Waals surface area contributed by atoms with Crippen molar-refractivity contribution < 1.29 is 13.2 Å². The molecule has 1 fully saturated rings. The van der Waals surface area contributed by atoms with Gasteiger partial charge in [0, 0.05) is 26.7 Å². The minimum atomic E-state index is -3.34. The van der Waals surface area contributed by atoms with E-state index in [4.69, 9.17) is 4.74 Å². The van der Waals surface area contributed by atoms with E-state index in [-0.39, 0.29) is 0 Å². The van der Waals surface area contributed by atoms with E-state index in [2.05, 4.69) is 0 Å². The molecule has 2 rings (SSSR count). The minimum Gasteiger partial charge on any atom is -0.492 e. The van der Waals surface area contributed by atoms with Crippen LogP contribution in [0.5, 0.6) is 5.75 Å². The summed E-state index contributed by atoms with van der Waals surface area (Å²) in [5, 5.41) is 0. The molecule has 5 nitrogen and oxygen atoms in total. The molecule has 1 aromatic rings. The highest BCUT2D eigenvalue weighted by molar-refractivity contribution is 7.86. The summed E-state index contributed by atoms with van der Waals surface area (Å²) in [5.74, 6) is 0.768. The number of likely N-dealkylation sites (N-methyl/N-ethyl adjacent to an activating group) is 1. The van der Waals surface area contributed by atoms with Crippen molar-refractivity contribution in [2.45, 2.75) is 26.2 Å². The van der Waals surface area contributed by atoms with Crippen molar-refractivity contribution in [2.75, 3.05) is 33.3 Å². The van der Waals surface area contributed by atoms with Crippen molar-refractivity contribution in [1.29, 1.82) is 0 Å². The number of rotatable bonds is 6. The first-order valence-corrected chi connectivity index (χ1v) is 8.81. The molecule has 0 amide bonds. The van der Waals surface area contributed by atoms with Gasteiger partial charge in [0.25, 0.3) is 10.2 Å². The Balaban J connectivity index is 1.83. The van der Waals surface area contributed by atoms with Crippen LogP contribution < -0.4 is 4.74 Å². The zero-order chi connectivity index (χ0) is 15.3. The number of nitrogens with zero attached hydrogens (tertiary/aromatic N) is 2. The molecule has 0 bridgehead atoms. The maximum atomic E-state index is 12.4. The fourth-order valence-corrected chi connectivity index (χ4v) is 3.75. The molecule has 1 heterocycles. The standard InChI is InChI=1S/C15H24N2O3S/c1-14-6-8-15(9-7-14)20-13-12-16(2)21(18,19)17-10-4-3-5-11-17/h6-9H,3-5,10-13H2,1-2H3. The number of hydrogen-bond donors (Lipinski definition) is 0. The number of piperidine rings is 1. The molecule has 1 aromatic carbocycles. The van der Waals surface area contributed by atoms with Crippen LogP contribution in [0.3, 0.4) is 0 Å². The lowest BCUT2D eigenvalue weighted by molar-refractivity contribution is 0.268. The lowest BCUT2D eigenvalue weighted by Gasteiger charge is -2.30. The predicted molar refractivity (Wildman–Crippen MR) is 83.6 cm³/mol. The van der Waals surface area contributed by atoms with Gasteiger partial charge in [0.05, 0.1) is 0 Å². The summed E-state index contributed by atoms with van der Waals surface area (Å²) in [4.78, 5) is 0. The summed E-state index contributed by atoms with van der Waals surface area (Å²) in [6, 6.07) is 7.75. The van der Waals surface area contributed by atoms with Crippen LogP contribution in [0.1, 0.15) is 24.8 Å². The van der Waals surface area contributed by atoms with Gasteiger partial charge in [0.2, 0.25) is 0 Å². The van der Waals surface area contributed by atoms with E-state index in [1.807, 2.05) is 31.2 Å². The Morgan fingerprint density at radius 1 is 1.14 bits per heavy atom. The maximum Gasteiger partial charge on any atom is 0.281 e. The van der Waals surface area contributed by atoms with Crippen molar-refractivity contribution in [3.05, 3.63) is 29.8 Å². The summed E-state index contributed by atoms with van der Waals surface area (Å²) in [7, 11) is -1.72. The number of aryl methyl sites for hydroxylation is 1. The fourth-order valence-electron chi connectivity index (χ4n) is 2.33. The van der Waals surface area contributed by atoms with Gasteiger partial charge in [0.1, 0.15) is 12.4 Å². The van der Waals surface area contributed by atoms with Gasteiger partial charge in [-0.3, -0.25) is 0 Å². The summed E-state index contributed by atoms with van der Waals surface area (Å²) < 4.78 is 33.3. The van der Waals surface area contributed by atoms with Crippen LogP contribution in [-0.4, -0.2) is 50.3 Å². The third-order valence-electron chi connectivity index (χ3n) is 3.73. The Morgan fingerprint density at radius 2 is 1.76 bits per heavy atom. The molecule has 0 aliphatic carbocycles. The van der Waals surface area contributed by atoms with Gasteiger partial charge >= 0.3 is 0 Å². The molecule has 0 spiro atoms. The molecular weight excluding hydrogens is 288 g/mol. The number of benzene rings is 1. The molecule has 0 aromatic heterocycles. The van der Waals surface area contributed by atoms with Crippen molar-refractivity contribution in [1.82, 2.24) is 8.61 Å². The summed E-state index contributed by atoms with van der Waals surface area (Å²) in [6.07, 6.45) is 3.02. The quantitative estimate of drug-likeness (QED) is 0.807. The van der Waals surface area contributed by atoms with E-state index in [0.717, 1.165) is 25.0 Å². The van der Waals surface area contributed by atoms with Crippen molar-refractivity contribution in [3.63, 3.8) is 0 Å². The molecule has 118 valence electrons. The van der Waals surface area contributed by atoms with Crippen LogP contribution in [0.15, 0.2) is 24.3 Å². The van der Waals surface area contributed by atoms with Crippen LogP contribution in [0.2, 0.25) is 0 Å². The van der Waals surface area contributed by atoms with Gasteiger partial charge in [-0.25, -0.2) is 0 Å². The molecule has 0 radical (unpaired) electrons. The monoisotopic (exact) mass is 312 g/mol. The van der Waals surface area contributed by atoms with E-state index in [1.165, 1.54) is 9.87 Å². The average Bonchev–Trinajstić information content (AvgIpc) is 2.50. The SMILES string of the molecule is Cc1ccc(OCCN(C)S(=O)(=O)N2CCCCC2)cc1. The molecular formula is C15H24N2O3S. The molecule has 21 heavy (non-hydrogen) atoms. The largest absolute Gasteiger partial charge is 0.492 e. The number of hydrogen-bond acceptors (Lipinski definition) is 3. The zero-order valence-corrected chi connectivity index (χ0v) is 13.6. The van der Waals surface area contributed by atoms with Crippen molar-refractivity contribution in [2.24, 2.45) is 0 Å². The zero-order valence-electron chi connectivity index (χ0n) is 12.8. The Morgan fingerprint density at radius 3 is 2.38 bits per heavy atom. The summed E-state index contributed by atoms with van der Waals surface area (Å²) >= 11 is 0. The van der Waals surface area contributed by atoms with Gasteiger partial charge in [0.15, 0.2) is 0 Å². The van der Waals surface area contributed by atoms with Crippen LogP contribution in [-0.2, 0) is 10.2 Å². The van der Waals surface area contributed by atoms with Crippen LogP contribution in [0, 0.1) is 6.92 Å². The molecule has 0 unspecified atom stereocenters. The third-order valence-corrected chi connectivity index (χ3v) is 5.72. The van der Waals surface area contributed by atoms with Gasteiger partial charge < -0.3 is 4.74 Å². The van der Waals surface area contributed by atoms with Crippen LogP contribution in [0.25, 0.3) is 0 Å². The molecule has 0 N–H and O–H groups in total. The molecule has 1 aliphatic rings. The average molecular weight is 312 g/mol. The highest BCUT2D eigenvalue weighted by Crippen LogP contribution is 2.16. The van der Waals surface area contributed by atoms with Gasteiger partial charge in [-0.05, 0) is 31.9 Å². The smallest absolute Gasteiger partial charge is 0.281 e. The molecule has 6 heteroatoms. The molecule has 1 saturated heterocycles. The van der Waals surface area contributed by atoms with E-state index < -0.39 is 10.2 Å².